The molecule has 7 heteroatoms. The predicted octanol–water partition coefficient (Wildman–Crippen LogP) is 4.25. The van der Waals surface area contributed by atoms with Gasteiger partial charge in [-0.05, 0) is 30.7 Å². The number of hydrogen-bond acceptors (Lipinski definition) is 3. The Morgan fingerprint density at radius 3 is 2.27 bits per heavy atom. The lowest BCUT2D eigenvalue weighted by atomic mass is 10.2. The quantitative estimate of drug-likeness (QED) is 0.763. The SMILES string of the molecule is CC[C@H](Oc1ccccc1)C(=O)N(C)CC(=O)Nc1c(Cl)cccc1Cl. The van der Waals surface area contributed by atoms with Crippen molar-refractivity contribution in [1.29, 1.82) is 0 Å². The Morgan fingerprint density at radius 2 is 1.69 bits per heavy atom. The number of nitrogens with zero attached hydrogens (tertiary/aromatic N) is 1. The van der Waals surface area contributed by atoms with E-state index in [4.69, 9.17) is 27.9 Å². The molecule has 1 atom stereocenters. The Bertz CT molecular complexity index is 748. The van der Waals surface area contributed by atoms with Crippen molar-refractivity contribution in [3.05, 3.63) is 58.6 Å². The van der Waals surface area contributed by atoms with E-state index in [-0.39, 0.29) is 12.5 Å². The molecule has 0 spiro atoms. The van der Waals surface area contributed by atoms with E-state index in [0.717, 1.165) is 0 Å². The zero-order valence-electron chi connectivity index (χ0n) is 14.5. The Kier molecular flexibility index (Phi) is 7.30. The van der Waals surface area contributed by atoms with Gasteiger partial charge in [-0.25, -0.2) is 0 Å². The summed E-state index contributed by atoms with van der Waals surface area (Å²) in [7, 11) is 1.55. The lowest BCUT2D eigenvalue weighted by molar-refractivity contribution is -0.139. The van der Waals surface area contributed by atoms with Crippen LogP contribution in [0.3, 0.4) is 0 Å². The molecule has 0 aliphatic heterocycles. The molecule has 0 unspecified atom stereocenters. The molecule has 0 saturated heterocycles. The van der Waals surface area contributed by atoms with E-state index >= 15 is 0 Å². The highest BCUT2D eigenvalue weighted by atomic mass is 35.5. The molecular formula is C19H20Cl2N2O3. The number of amides is 2. The number of halogens is 2. The van der Waals surface area contributed by atoms with E-state index < -0.39 is 12.0 Å². The number of benzene rings is 2. The van der Waals surface area contributed by atoms with Crippen molar-refractivity contribution >= 4 is 40.7 Å². The van der Waals surface area contributed by atoms with Crippen molar-refractivity contribution in [2.75, 3.05) is 18.9 Å². The van der Waals surface area contributed by atoms with Crippen LogP contribution in [0.25, 0.3) is 0 Å². The summed E-state index contributed by atoms with van der Waals surface area (Å²) < 4.78 is 5.72. The van der Waals surface area contributed by atoms with E-state index in [0.29, 0.717) is 27.9 Å². The first-order valence-corrected chi connectivity index (χ1v) is 8.88. The fourth-order valence-electron chi connectivity index (χ4n) is 2.31. The normalized spacial score (nSPS) is 11.5. The molecular weight excluding hydrogens is 375 g/mol. The summed E-state index contributed by atoms with van der Waals surface area (Å²) in [6.07, 6.45) is -0.185. The number of likely N-dealkylation sites (N-methyl/N-ethyl adjacent to an activating group) is 1. The van der Waals surface area contributed by atoms with Crippen LogP contribution in [0, 0.1) is 0 Å². The van der Waals surface area contributed by atoms with Crippen LogP contribution in [0.4, 0.5) is 5.69 Å². The molecule has 26 heavy (non-hydrogen) atoms. The molecule has 0 bridgehead atoms. The monoisotopic (exact) mass is 394 g/mol. The lowest BCUT2D eigenvalue weighted by Crippen LogP contribution is -2.43. The first-order valence-electron chi connectivity index (χ1n) is 8.13. The molecule has 2 aromatic rings. The maximum atomic E-state index is 12.6. The molecule has 2 aromatic carbocycles. The van der Waals surface area contributed by atoms with Gasteiger partial charge in [-0.2, -0.15) is 0 Å². The van der Waals surface area contributed by atoms with Gasteiger partial charge in [-0.1, -0.05) is 54.4 Å². The van der Waals surface area contributed by atoms with Crippen molar-refractivity contribution in [1.82, 2.24) is 4.90 Å². The van der Waals surface area contributed by atoms with E-state index in [2.05, 4.69) is 5.32 Å². The van der Waals surface area contributed by atoms with Gasteiger partial charge < -0.3 is 15.0 Å². The smallest absolute Gasteiger partial charge is 0.263 e. The van der Waals surface area contributed by atoms with Gasteiger partial charge in [-0.15, -0.1) is 0 Å². The van der Waals surface area contributed by atoms with E-state index in [1.165, 1.54) is 4.90 Å². The molecule has 0 aliphatic rings. The van der Waals surface area contributed by atoms with Crippen LogP contribution in [0.15, 0.2) is 48.5 Å². The van der Waals surface area contributed by atoms with Gasteiger partial charge in [0.1, 0.15) is 5.75 Å². The van der Waals surface area contributed by atoms with Crippen LogP contribution >= 0.6 is 23.2 Å². The summed E-state index contributed by atoms with van der Waals surface area (Å²) in [5, 5.41) is 3.30. The van der Waals surface area contributed by atoms with Crippen LogP contribution in [0.1, 0.15) is 13.3 Å². The van der Waals surface area contributed by atoms with Gasteiger partial charge in [0.05, 0.1) is 22.3 Å². The maximum absolute atomic E-state index is 12.6. The number of para-hydroxylation sites is 2. The summed E-state index contributed by atoms with van der Waals surface area (Å²) in [6.45, 7) is 1.71. The van der Waals surface area contributed by atoms with E-state index in [1.807, 2.05) is 25.1 Å². The van der Waals surface area contributed by atoms with Crippen LogP contribution < -0.4 is 10.1 Å². The molecule has 2 amide bonds. The third kappa shape index (κ3) is 5.38. The molecule has 0 fully saturated rings. The molecule has 0 heterocycles. The number of anilines is 1. The van der Waals surface area contributed by atoms with Gasteiger partial charge in [-0.3, -0.25) is 9.59 Å². The van der Waals surface area contributed by atoms with Crippen LogP contribution in [-0.2, 0) is 9.59 Å². The first kappa shape index (κ1) is 20.1. The fourth-order valence-corrected chi connectivity index (χ4v) is 2.80. The number of ether oxygens (including phenoxy) is 1. The Hall–Kier alpha value is -2.24. The summed E-state index contributed by atoms with van der Waals surface area (Å²) in [5.74, 6) is -0.0735. The molecule has 138 valence electrons. The van der Waals surface area contributed by atoms with Gasteiger partial charge in [0, 0.05) is 7.05 Å². The van der Waals surface area contributed by atoms with Gasteiger partial charge in [0.15, 0.2) is 6.10 Å². The van der Waals surface area contributed by atoms with Crippen LogP contribution in [-0.4, -0.2) is 36.4 Å². The minimum absolute atomic E-state index is 0.144. The van der Waals surface area contributed by atoms with Gasteiger partial charge in [0.2, 0.25) is 5.91 Å². The van der Waals surface area contributed by atoms with E-state index in [9.17, 15) is 9.59 Å². The number of nitrogens with one attached hydrogen (secondary N) is 1. The molecule has 1 N–H and O–H groups in total. The van der Waals surface area contributed by atoms with Crippen molar-refractivity contribution in [2.45, 2.75) is 19.4 Å². The van der Waals surface area contributed by atoms with E-state index in [1.54, 1.807) is 37.4 Å². The summed E-state index contributed by atoms with van der Waals surface area (Å²) in [6, 6.07) is 14.0. The van der Waals surface area contributed by atoms with Crippen molar-refractivity contribution in [3.8, 4) is 5.75 Å². The van der Waals surface area contributed by atoms with Crippen molar-refractivity contribution in [2.24, 2.45) is 0 Å². The largest absolute Gasteiger partial charge is 0.481 e. The molecule has 0 aliphatic carbocycles. The molecule has 0 radical (unpaired) electrons. The second-order valence-corrected chi connectivity index (χ2v) is 6.48. The van der Waals surface area contributed by atoms with Crippen molar-refractivity contribution < 1.29 is 14.3 Å². The fraction of sp³-hybridized carbons (Fsp3) is 0.263. The second kappa shape index (κ2) is 9.46. The standard InChI is InChI=1S/C19H20Cl2N2O3/c1-3-16(26-13-8-5-4-6-9-13)19(25)23(2)12-17(24)22-18-14(20)10-7-11-15(18)21/h4-11,16H,3,12H2,1-2H3,(H,22,24)/t16-/m0/s1. The Labute approximate surface area is 162 Å². The summed E-state index contributed by atoms with van der Waals surface area (Å²) >= 11 is 12.1. The third-order valence-corrected chi connectivity index (χ3v) is 4.28. The predicted molar refractivity (Wildman–Crippen MR) is 104 cm³/mol. The second-order valence-electron chi connectivity index (χ2n) is 5.67. The maximum Gasteiger partial charge on any atom is 0.263 e. The summed E-state index contributed by atoms with van der Waals surface area (Å²) in [5.41, 5.74) is 0.328. The number of carbonyl (C=O) groups is 2. The topological polar surface area (TPSA) is 58.6 Å². The Morgan fingerprint density at radius 1 is 1.08 bits per heavy atom. The van der Waals surface area contributed by atoms with Crippen LogP contribution in [0.5, 0.6) is 5.75 Å². The molecule has 0 aromatic heterocycles. The summed E-state index contributed by atoms with van der Waals surface area (Å²) in [4.78, 5) is 26.1. The molecule has 2 rings (SSSR count). The first-order chi connectivity index (χ1) is 12.4. The van der Waals surface area contributed by atoms with Gasteiger partial charge in [0.25, 0.3) is 5.91 Å². The lowest BCUT2D eigenvalue weighted by Gasteiger charge is -2.23. The highest BCUT2D eigenvalue weighted by Gasteiger charge is 2.24. The van der Waals surface area contributed by atoms with Crippen LogP contribution in [0.2, 0.25) is 10.0 Å². The number of hydrogen-bond donors (Lipinski definition) is 1. The zero-order chi connectivity index (χ0) is 19.1. The molecule has 5 nitrogen and oxygen atoms in total. The van der Waals surface area contributed by atoms with Crippen molar-refractivity contribution in [3.63, 3.8) is 0 Å². The number of rotatable bonds is 7. The number of carbonyl (C=O) groups excluding carboxylic acids is 2. The Balaban J connectivity index is 1.97. The van der Waals surface area contributed by atoms with Gasteiger partial charge >= 0.3 is 0 Å². The minimum atomic E-state index is -0.667. The third-order valence-electron chi connectivity index (χ3n) is 3.65. The highest BCUT2D eigenvalue weighted by molar-refractivity contribution is 6.39. The highest BCUT2D eigenvalue weighted by Crippen LogP contribution is 2.29. The zero-order valence-corrected chi connectivity index (χ0v) is 16.1. The minimum Gasteiger partial charge on any atom is -0.481 e. The molecule has 0 saturated carbocycles. The average molecular weight is 395 g/mol. The average Bonchev–Trinajstić information content (AvgIpc) is 2.63.